The molecule has 1 fully saturated rings. The van der Waals surface area contributed by atoms with Gasteiger partial charge in [0.25, 0.3) is 0 Å². The van der Waals surface area contributed by atoms with E-state index < -0.39 is 0 Å². The zero-order chi connectivity index (χ0) is 17.6. The molecule has 0 aromatic heterocycles. The van der Waals surface area contributed by atoms with Gasteiger partial charge in [-0.2, -0.15) is 0 Å². The first-order valence-corrected chi connectivity index (χ1v) is 8.87. The predicted molar refractivity (Wildman–Crippen MR) is 104 cm³/mol. The average molecular weight is 370 g/mol. The summed E-state index contributed by atoms with van der Waals surface area (Å²) in [6.45, 7) is 9.84. The van der Waals surface area contributed by atoms with Crippen LogP contribution in [0.4, 0.5) is 0 Å². The van der Waals surface area contributed by atoms with Crippen LogP contribution < -0.4 is 15.8 Å². The number of likely N-dealkylation sites (tertiary alicyclic amines) is 1. The van der Waals surface area contributed by atoms with Crippen molar-refractivity contribution in [3.8, 4) is 5.75 Å². The maximum Gasteiger partial charge on any atom is 0.234 e. The Labute approximate surface area is 157 Å². The highest BCUT2D eigenvalue weighted by atomic mass is 35.5. The van der Waals surface area contributed by atoms with Crippen LogP contribution in [0.15, 0.2) is 24.3 Å². The number of carbonyl (C=O) groups excluding carboxylic acids is 1. The van der Waals surface area contributed by atoms with Crippen molar-refractivity contribution in [1.29, 1.82) is 0 Å². The van der Waals surface area contributed by atoms with E-state index in [4.69, 9.17) is 10.5 Å². The number of ether oxygens (including phenoxy) is 1. The molecule has 1 aromatic carbocycles. The molecule has 25 heavy (non-hydrogen) atoms. The van der Waals surface area contributed by atoms with Crippen molar-refractivity contribution in [2.75, 3.05) is 26.2 Å². The third-order valence-electron chi connectivity index (χ3n) is 4.62. The number of nitrogens with one attached hydrogen (secondary N) is 1. The Morgan fingerprint density at radius 3 is 2.88 bits per heavy atom. The number of piperidine rings is 1. The highest BCUT2D eigenvalue weighted by molar-refractivity contribution is 5.85. The molecule has 0 spiro atoms. The molecular weight excluding hydrogens is 338 g/mol. The van der Waals surface area contributed by atoms with E-state index in [9.17, 15) is 4.79 Å². The monoisotopic (exact) mass is 369 g/mol. The Bertz CT molecular complexity index is 551. The average Bonchev–Trinajstić information content (AvgIpc) is 2.54. The zero-order valence-corrected chi connectivity index (χ0v) is 16.4. The standard InChI is InChI=1S/C19H31N3O2.ClH/c1-4-10-24-16-7-5-6-15(11-16)12-21-18(23)13-22-9-8-17(20)19(2,3)14-22;/h5-7,11,17H,4,8-10,12-14,20H2,1-3H3,(H,21,23);1H. The molecule has 1 heterocycles. The summed E-state index contributed by atoms with van der Waals surface area (Å²) >= 11 is 0. The van der Waals surface area contributed by atoms with Crippen LogP contribution in [0.5, 0.6) is 5.75 Å². The lowest BCUT2D eigenvalue weighted by Gasteiger charge is -2.42. The smallest absolute Gasteiger partial charge is 0.234 e. The molecular formula is C19H32ClN3O2. The first-order chi connectivity index (χ1) is 11.4. The maximum atomic E-state index is 12.2. The summed E-state index contributed by atoms with van der Waals surface area (Å²) in [6.07, 6.45) is 1.92. The highest BCUT2D eigenvalue weighted by Gasteiger charge is 2.33. The largest absolute Gasteiger partial charge is 0.494 e. The van der Waals surface area contributed by atoms with Crippen LogP contribution in [0.3, 0.4) is 0 Å². The molecule has 1 aromatic rings. The van der Waals surface area contributed by atoms with Gasteiger partial charge in [-0.3, -0.25) is 9.69 Å². The fraction of sp³-hybridized carbons (Fsp3) is 0.632. The molecule has 1 amide bonds. The molecule has 1 unspecified atom stereocenters. The van der Waals surface area contributed by atoms with Crippen LogP contribution in [-0.2, 0) is 11.3 Å². The molecule has 0 bridgehead atoms. The lowest BCUT2D eigenvalue weighted by Crippen LogP contribution is -2.54. The van der Waals surface area contributed by atoms with E-state index in [2.05, 4.69) is 31.0 Å². The van der Waals surface area contributed by atoms with Crippen LogP contribution in [0.25, 0.3) is 0 Å². The number of benzene rings is 1. The van der Waals surface area contributed by atoms with Crippen molar-refractivity contribution in [3.63, 3.8) is 0 Å². The lowest BCUT2D eigenvalue weighted by molar-refractivity contribution is -0.123. The number of nitrogens with two attached hydrogens (primary N) is 1. The van der Waals surface area contributed by atoms with Gasteiger partial charge in [0, 0.05) is 25.7 Å². The normalized spacial score (nSPS) is 19.8. The number of carbonyl (C=O) groups is 1. The fourth-order valence-electron chi connectivity index (χ4n) is 3.04. The number of amides is 1. The number of nitrogens with zero attached hydrogens (tertiary/aromatic N) is 1. The Balaban J connectivity index is 0.00000312. The summed E-state index contributed by atoms with van der Waals surface area (Å²) in [5.74, 6) is 0.913. The van der Waals surface area contributed by atoms with Crippen molar-refractivity contribution in [1.82, 2.24) is 10.2 Å². The van der Waals surface area contributed by atoms with E-state index >= 15 is 0 Å². The molecule has 6 heteroatoms. The quantitative estimate of drug-likeness (QED) is 0.775. The molecule has 142 valence electrons. The molecule has 1 aliphatic rings. The second kappa shape index (κ2) is 10.00. The van der Waals surface area contributed by atoms with Crippen LogP contribution in [0, 0.1) is 5.41 Å². The van der Waals surface area contributed by atoms with Crippen molar-refractivity contribution < 1.29 is 9.53 Å². The van der Waals surface area contributed by atoms with Gasteiger partial charge < -0.3 is 15.8 Å². The third kappa shape index (κ3) is 6.84. The second-order valence-corrected chi connectivity index (χ2v) is 7.37. The summed E-state index contributed by atoms with van der Waals surface area (Å²) in [4.78, 5) is 14.4. The summed E-state index contributed by atoms with van der Waals surface area (Å²) in [6, 6.07) is 8.10. The van der Waals surface area contributed by atoms with Crippen LogP contribution in [0.1, 0.15) is 39.2 Å². The van der Waals surface area contributed by atoms with Gasteiger partial charge in [0.15, 0.2) is 0 Å². The molecule has 1 aliphatic heterocycles. The van der Waals surface area contributed by atoms with E-state index in [1.165, 1.54) is 0 Å². The molecule has 3 N–H and O–H groups in total. The SMILES string of the molecule is CCCOc1cccc(CNC(=O)CN2CCC(N)C(C)(C)C2)c1.Cl. The van der Waals surface area contributed by atoms with Gasteiger partial charge in [0.1, 0.15) is 5.75 Å². The Morgan fingerprint density at radius 1 is 1.44 bits per heavy atom. The molecule has 0 saturated carbocycles. The Hall–Kier alpha value is -1.30. The van der Waals surface area contributed by atoms with E-state index in [-0.39, 0.29) is 29.8 Å². The summed E-state index contributed by atoms with van der Waals surface area (Å²) < 4.78 is 5.62. The molecule has 0 aliphatic carbocycles. The maximum absolute atomic E-state index is 12.2. The van der Waals surface area contributed by atoms with Crippen LogP contribution >= 0.6 is 12.4 Å². The van der Waals surface area contributed by atoms with Gasteiger partial charge in [-0.15, -0.1) is 12.4 Å². The van der Waals surface area contributed by atoms with E-state index in [0.717, 1.165) is 37.2 Å². The van der Waals surface area contributed by atoms with Gasteiger partial charge in [-0.05, 0) is 36.0 Å². The minimum Gasteiger partial charge on any atom is -0.494 e. The lowest BCUT2D eigenvalue weighted by atomic mass is 9.80. The molecule has 1 atom stereocenters. The Kier molecular flexibility index (Phi) is 8.69. The molecule has 5 nitrogen and oxygen atoms in total. The topological polar surface area (TPSA) is 67.6 Å². The van der Waals surface area contributed by atoms with Gasteiger partial charge in [0.2, 0.25) is 5.91 Å². The fourth-order valence-corrected chi connectivity index (χ4v) is 3.04. The third-order valence-corrected chi connectivity index (χ3v) is 4.62. The summed E-state index contributed by atoms with van der Waals surface area (Å²) in [5, 5.41) is 3.00. The summed E-state index contributed by atoms with van der Waals surface area (Å²) in [7, 11) is 0. The highest BCUT2D eigenvalue weighted by Crippen LogP contribution is 2.27. The van der Waals surface area contributed by atoms with Crippen molar-refractivity contribution >= 4 is 18.3 Å². The van der Waals surface area contributed by atoms with Crippen LogP contribution in [0.2, 0.25) is 0 Å². The van der Waals surface area contributed by atoms with E-state index in [1.54, 1.807) is 0 Å². The molecule has 2 rings (SSSR count). The van der Waals surface area contributed by atoms with Crippen molar-refractivity contribution in [2.24, 2.45) is 11.1 Å². The number of hydrogen-bond acceptors (Lipinski definition) is 4. The Morgan fingerprint density at radius 2 is 2.20 bits per heavy atom. The van der Waals surface area contributed by atoms with Gasteiger partial charge in [-0.1, -0.05) is 32.9 Å². The first kappa shape index (κ1) is 21.7. The zero-order valence-electron chi connectivity index (χ0n) is 15.6. The van der Waals surface area contributed by atoms with Crippen LogP contribution in [-0.4, -0.2) is 43.1 Å². The van der Waals surface area contributed by atoms with E-state index in [0.29, 0.717) is 19.7 Å². The van der Waals surface area contributed by atoms with Gasteiger partial charge >= 0.3 is 0 Å². The summed E-state index contributed by atoms with van der Waals surface area (Å²) in [5.41, 5.74) is 7.26. The van der Waals surface area contributed by atoms with E-state index in [1.807, 2.05) is 24.3 Å². The minimum atomic E-state index is 0. The number of hydrogen-bond donors (Lipinski definition) is 2. The first-order valence-electron chi connectivity index (χ1n) is 8.87. The van der Waals surface area contributed by atoms with Gasteiger partial charge in [0.05, 0.1) is 13.2 Å². The predicted octanol–water partition coefficient (Wildman–Crippen LogP) is 2.57. The van der Waals surface area contributed by atoms with Crippen molar-refractivity contribution in [3.05, 3.63) is 29.8 Å². The second-order valence-electron chi connectivity index (χ2n) is 7.37. The van der Waals surface area contributed by atoms with Crippen molar-refractivity contribution in [2.45, 2.75) is 46.2 Å². The number of halogens is 1. The van der Waals surface area contributed by atoms with Gasteiger partial charge in [-0.25, -0.2) is 0 Å². The number of rotatable bonds is 7. The minimum absolute atomic E-state index is 0. The molecule has 1 saturated heterocycles. The molecule has 0 radical (unpaired) electrons.